The average molecular weight is 287 g/mol. The summed E-state index contributed by atoms with van der Waals surface area (Å²) in [7, 11) is 0. The molecule has 0 bridgehead atoms. The van der Waals surface area contributed by atoms with Crippen LogP contribution in [0.4, 0.5) is 0 Å². The Balaban J connectivity index is 0.000000510. The quantitative estimate of drug-likeness (QED) is 0.693. The first-order chi connectivity index (χ1) is 10.2. The molecule has 3 heteroatoms. The summed E-state index contributed by atoms with van der Waals surface area (Å²) in [5, 5.41) is 1.05. The van der Waals surface area contributed by atoms with E-state index in [1.54, 1.807) is 4.57 Å². The predicted molar refractivity (Wildman–Crippen MR) is 88.2 cm³/mol. The Morgan fingerprint density at radius 1 is 1.05 bits per heavy atom. The van der Waals surface area contributed by atoms with E-state index in [9.17, 15) is 9.59 Å². The highest BCUT2D eigenvalue weighted by molar-refractivity contribution is 6.08. The molecule has 0 fully saturated rings. The molecule has 1 aliphatic carbocycles. The maximum absolute atomic E-state index is 12.0. The van der Waals surface area contributed by atoms with Crippen LogP contribution in [0.3, 0.4) is 0 Å². The Labute approximate surface area is 127 Å². The van der Waals surface area contributed by atoms with Gasteiger partial charge in [-0.1, -0.05) is 45.9 Å². The SMILES string of the molecule is CC.CC.CC(=O)n1c2c(c3ccccc31)CCCC2=O. The van der Waals surface area contributed by atoms with Crippen molar-refractivity contribution in [3.63, 3.8) is 0 Å². The second-order valence-electron chi connectivity index (χ2n) is 4.48. The summed E-state index contributed by atoms with van der Waals surface area (Å²) in [4.78, 5) is 23.8. The summed E-state index contributed by atoms with van der Waals surface area (Å²) in [6.07, 6.45) is 2.33. The molecule has 3 nitrogen and oxygen atoms in total. The molecule has 1 aromatic heterocycles. The van der Waals surface area contributed by atoms with Crippen LogP contribution in [0.15, 0.2) is 24.3 Å². The molecule has 0 aliphatic heterocycles. The summed E-state index contributed by atoms with van der Waals surface area (Å²) in [5.74, 6) is 0.00958. The topological polar surface area (TPSA) is 39.1 Å². The average Bonchev–Trinajstić information content (AvgIpc) is 2.88. The van der Waals surface area contributed by atoms with E-state index in [2.05, 4.69) is 0 Å². The van der Waals surface area contributed by atoms with Crippen molar-refractivity contribution in [2.45, 2.75) is 53.9 Å². The molecule has 0 atom stereocenters. The lowest BCUT2D eigenvalue weighted by Crippen LogP contribution is -2.18. The van der Waals surface area contributed by atoms with Crippen LogP contribution in [0.5, 0.6) is 0 Å². The van der Waals surface area contributed by atoms with Crippen LogP contribution in [0.25, 0.3) is 10.9 Å². The van der Waals surface area contributed by atoms with E-state index in [4.69, 9.17) is 0 Å². The van der Waals surface area contributed by atoms with Crippen molar-refractivity contribution in [3.05, 3.63) is 35.5 Å². The number of aromatic nitrogens is 1. The highest BCUT2D eigenvalue weighted by Gasteiger charge is 2.26. The van der Waals surface area contributed by atoms with Gasteiger partial charge in [0.25, 0.3) is 0 Å². The number of fused-ring (bicyclic) bond motifs is 3. The number of hydrogen-bond acceptors (Lipinski definition) is 2. The molecule has 1 heterocycles. The fourth-order valence-electron chi connectivity index (χ4n) is 2.72. The zero-order valence-electron chi connectivity index (χ0n) is 13.7. The molecule has 0 saturated heterocycles. The molecule has 0 radical (unpaired) electrons. The smallest absolute Gasteiger partial charge is 0.228 e. The molecule has 21 heavy (non-hydrogen) atoms. The Morgan fingerprint density at radius 3 is 2.29 bits per heavy atom. The third kappa shape index (κ3) is 3.07. The zero-order valence-corrected chi connectivity index (χ0v) is 13.7. The van der Waals surface area contributed by atoms with Gasteiger partial charge in [0.15, 0.2) is 5.78 Å². The summed E-state index contributed by atoms with van der Waals surface area (Å²) < 4.78 is 1.58. The summed E-state index contributed by atoms with van der Waals surface area (Å²) >= 11 is 0. The molecule has 0 amide bonds. The number of ketones is 1. The fourth-order valence-corrected chi connectivity index (χ4v) is 2.72. The second-order valence-corrected chi connectivity index (χ2v) is 4.48. The van der Waals surface area contributed by atoms with E-state index in [-0.39, 0.29) is 11.7 Å². The minimum absolute atomic E-state index is 0.0855. The van der Waals surface area contributed by atoms with Gasteiger partial charge in [-0.15, -0.1) is 0 Å². The Hall–Kier alpha value is -1.90. The lowest BCUT2D eigenvalue weighted by atomic mass is 9.94. The second kappa shape index (κ2) is 7.77. The van der Waals surface area contributed by atoms with E-state index >= 15 is 0 Å². The first-order valence-corrected chi connectivity index (χ1v) is 7.86. The first kappa shape index (κ1) is 17.2. The number of carbonyl (C=O) groups is 2. The molecule has 0 saturated carbocycles. The van der Waals surface area contributed by atoms with Gasteiger partial charge >= 0.3 is 0 Å². The van der Waals surface area contributed by atoms with E-state index in [0.29, 0.717) is 12.1 Å². The van der Waals surface area contributed by atoms with E-state index in [0.717, 1.165) is 29.3 Å². The minimum atomic E-state index is -0.0855. The number of carbonyl (C=O) groups excluding carboxylic acids is 2. The van der Waals surface area contributed by atoms with Gasteiger partial charge in [-0.2, -0.15) is 0 Å². The largest absolute Gasteiger partial charge is 0.293 e. The fraction of sp³-hybridized carbons (Fsp3) is 0.444. The number of rotatable bonds is 0. The van der Waals surface area contributed by atoms with Crippen molar-refractivity contribution in [2.75, 3.05) is 0 Å². The molecular weight excluding hydrogens is 262 g/mol. The Morgan fingerprint density at radius 2 is 1.67 bits per heavy atom. The number of hydrogen-bond donors (Lipinski definition) is 0. The standard InChI is InChI=1S/C14H13NO2.2C2H6/c1-9(16)15-12-7-3-2-5-10(12)11-6-4-8-13(17)14(11)15;2*1-2/h2-3,5,7H,4,6,8H2,1H3;2*1-2H3. The predicted octanol–water partition coefficient (Wildman–Crippen LogP) is 4.87. The molecule has 0 unspecified atom stereocenters. The van der Waals surface area contributed by atoms with E-state index in [1.165, 1.54) is 6.92 Å². The monoisotopic (exact) mass is 287 g/mol. The summed E-state index contributed by atoms with van der Waals surface area (Å²) in [6.45, 7) is 9.51. The van der Waals surface area contributed by atoms with Crippen LogP contribution in [-0.4, -0.2) is 16.3 Å². The van der Waals surface area contributed by atoms with Gasteiger partial charge in [0.05, 0.1) is 11.2 Å². The van der Waals surface area contributed by atoms with Gasteiger partial charge in [-0.3, -0.25) is 14.2 Å². The number of Topliss-reactive ketones (excluding diaryl/α,β-unsaturated/α-hetero) is 1. The zero-order chi connectivity index (χ0) is 16.0. The van der Waals surface area contributed by atoms with Gasteiger partial charge in [0.1, 0.15) is 0 Å². The molecule has 0 N–H and O–H groups in total. The normalized spacial score (nSPS) is 12.7. The molecule has 0 spiro atoms. The van der Waals surface area contributed by atoms with E-state index in [1.807, 2.05) is 52.0 Å². The first-order valence-electron chi connectivity index (χ1n) is 7.86. The van der Waals surface area contributed by atoms with Crippen molar-refractivity contribution in [3.8, 4) is 0 Å². The van der Waals surface area contributed by atoms with Crippen LogP contribution in [0.1, 0.15) is 68.3 Å². The number of benzene rings is 1. The Kier molecular flexibility index (Phi) is 6.35. The van der Waals surface area contributed by atoms with Crippen LogP contribution < -0.4 is 0 Å². The van der Waals surface area contributed by atoms with E-state index < -0.39 is 0 Å². The maximum atomic E-state index is 12.0. The number of nitrogens with zero attached hydrogens (tertiary/aromatic N) is 1. The van der Waals surface area contributed by atoms with Gasteiger partial charge < -0.3 is 0 Å². The van der Waals surface area contributed by atoms with Gasteiger partial charge in [-0.05, 0) is 24.5 Å². The molecular formula is C18H25NO2. The highest BCUT2D eigenvalue weighted by atomic mass is 16.2. The van der Waals surface area contributed by atoms with Crippen molar-refractivity contribution < 1.29 is 9.59 Å². The van der Waals surface area contributed by atoms with Crippen LogP contribution in [0.2, 0.25) is 0 Å². The Bertz CT molecular complexity index is 638. The third-order valence-electron chi connectivity index (χ3n) is 3.39. The van der Waals surface area contributed by atoms with Crippen molar-refractivity contribution in [2.24, 2.45) is 0 Å². The third-order valence-corrected chi connectivity index (χ3v) is 3.39. The number of para-hydroxylation sites is 1. The molecule has 114 valence electrons. The van der Waals surface area contributed by atoms with Crippen molar-refractivity contribution in [1.29, 1.82) is 0 Å². The van der Waals surface area contributed by atoms with Crippen LogP contribution in [-0.2, 0) is 6.42 Å². The van der Waals surface area contributed by atoms with Crippen molar-refractivity contribution >= 4 is 22.6 Å². The number of aryl methyl sites for hydroxylation is 1. The minimum Gasteiger partial charge on any atom is -0.293 e. The lowest BCUT2D eigenvalue weighted by molar-refractivity contribution is 0.0899. The molecule has 3 rings (SSSR count). The van der Waals surface area contributed by atoms with Gasteiger partial charge in [0.2, 0.25) is 5.91 Å². The van der Waals surface area contributed by atoms with Crippen LogP contribution >= 0.6 is 0 Å². The highest BCUT2D eigenvalue weighted by Crippen LogP contribution is 2.31. The van der Waals surface area contributed by atoms with Gasteiger partial charge in [0, 0.05) is 18.7 Å². The van der Waals surface area contributed by atoms with Crippen LogP contribution in [0, 0.1) is 0 Å². The molecule has 1 aromatic carbocycles. The summed E-state index contributed by atoms with van der Waals surface area (Å²) in [5.41, 5.74) is 2.53. The maximum Gasteiger partial charge on any atom is 0.228 e. The summed E-state index contributed by atoms with van der Waals surface area (Å²) in [6, 6.07) is 7.75. The van der Waals surface area contributed by atoms with Crippen molar-refractivity contribution in [1.82, 2.24) is 4.57 Å². The molecule has 2 aromatic rings. The lowest BCUT2D eigenvalue weighted by Gasteiger charge is -2.12. The van der Waals surface area contributed by atoms with Gasteiger partial charge in [-0.25, -0.2) is 0 Å². The molecule has 1 aliphatic rings.